The number of hydrogen-bond acceptors (Lipinski definition) is 3. The topological polar surface area (TPSA) is 49.6 Å². The molecule has 2 N–H and O–H groups in total. The maximum atomic E-state index is 11.8. The molecule has 2 saturated heterocycles. The summed E-state index contributed by atoms with van der Waals surface area (Å²) in [7, 11) is 0. The molecule has 2 atom stereocenters. The molecule has 16 heavy (non-hydrogen) atoms. The molecule has 0 radical (unpaired) electrons. The molecule has 0 aromatic rings. The first kappa shape index (κ1) is 11.9. The Bertz CT molecular complexity index is 257. The normalized spacial score (nSPS) is 31.6. The number of amides is 1. The molecule has 0 aromatic heterocycles. The van der Waals surface area contributed by atoms with Crippen molar-refractivity contribution in [1.82, 2.24) is 9.80 Å². The van der Waals surface area contributed by atoms with E-state index in [0.717, 1.165) is 26.1 Å². The summed E-state index contributed by atoms with van der Waals surface area (Å²) >= 11 is 0. The van der Waals surface area contributed by atoms with Gasteiger partial charge < -0.3 is 15.5 Å². The Morgan fingerprint density at radius 1 is 1.44 bits per heavy atom. The molecule has 2 heterocycles. The monoisotopic (exact) mass is 225 g/mol. The SMILES string of the molecule is CCCN1CCC(N2CC(CN)CC2=O)C1. The number of hydrogen-bond donors (Lipinski definition) is 1. The van der Waals surface area contributed by atoms with E-state index in [4.69, 9.17) is 5.73 Å². The van der Waals surface area contributed by atoms with Crippen LogP contribution in [0.15, 0.2) is 0 Å². The summed E-state index contributed by atoms with van der Waals surface area (Å²) in [5.41, 5.74) is 5.64. The highest BCUT2D eigenvalue weighted by Crippen LogP contribution is 2.24. The van der Waals surface area contributed by atoms with Gasteiger partial charge in [0.1, 0.15) is 0 Å². The van der Waals surface area contributed by atoms with Crippen LogP contribution in [0, 0.1) is 5.92 Å². The van der Waals surface area contributed by atoms with Crippen molar-refractivity contribution in [2.75, 3.05) is 32.7 Å². The van der Waals surface area contributed by atoms with Crippen LogP contribution in [0.3, 0.4) is 0 Å². The molecule has 0 aliphatic carbocycles. The zero-order valence-electron chi connectivity index (χ0n) is 10.2. The zero-order chi connectivity index (χ0) is 11.5. The Balaban J connectivity index is 1.87. The lowest BCUT2D eigenvalue weighted by Gasteiger charge is -2.24. The third-order valence-electron chi connectivity index (χ3n) is 3.80. The van der Waals surface area contributed by atoms with Crippen LogP contribution in [0.5, 0.6) is 0 Å². The summed E-state index contributed by atoms with van der Waals surface area (Å²) < 4.78 is 0. The van der Waals surface area contributed by atoms with Crippen LogP contribution in [0.4, 0.5) is 0 Å². The zero-order valence-corrected chi connectivity index (χ0v) is 10.2. The van der Waals surface area contributed by atoms with E-state index in [2.05, 4.69) is 16.7 Å². The lowest BCUT2D eigenvalue weighted by molar-refractivity contribution is -0.129. The average molecular weight is 225 g/mol. The van der Waals surface area contributed by atoms with Crippen molar-refractivity contribution in [1.29, 1.82) is 0 Å². The van der Waals surface area contributed by atoms with E-state index in [1.807, 2.05) is 0 Å². The summed E-state index contributed by atoms with van der Waals surface area (Å²) in [4.78, 5) is 16.4. The smallest absolute Gasteiger partial charge is 0.223 e. The Kier molecular flexibility index (Phi) is 3.82. The van der Waals surface area contributed by atoms with Gasteiger partial charge in [0, 0.05) is 32.1 Å². The van der Waals surface area contributed by atoms with Crippen molar-refractivity contribution in [3.05, 3.63) is 0 Å². The van der Waals surface area contributed by atoms with Crippen LogP contribution in [-0.2, 0) is 4.79 Å². The van der Waals surface area contributed by atoms with Gasteiger partial charge in [0.2, 0.25) is 5.91 Å². The van der Waals surface area contributed by atoms with Gasteiger partial charge in [0.05, 0.1) is 0 Å². The average Bonchev–Trinajstić information content (AvgIpc) is 2.85. The van der Waals surface area contributed by atoms with E-state index in [-0.39, 0.29) is 0 Å². The van der Waals surface area contributed by atoms with Gasteiger partial charge in [0.25, 0.3) is 0 Å². The highest BCUT2D eigenvalue weighted by atomic mass is 16.2. The lowest BCUT2D eigenvalue weighted by Crippen LogP contribution is -2.39. The van der Waals surface area contributed by atoms with Crippen LogP contribution >= 0.6 is 0 Å². The minimum absolute atomic E-state index is 0.318. The van der Waals surface area contributed by atoms with E-state index < -0.39 is 0 Å². The maximum Gasteiger partial charge on any atom is 0.223 e. The molecular weight excluding hydrogens is 202 g/mol. The van der Waals surface area contributed by atoms with Gasteiger partial charge in [-0.3, -0.25) is 4.79 Å². The second kappa shape index (κ2) is 5.15. The third kappa shape index (κ3) is 2.38. The highest BCUT2D eigenvalue weighted by molar-refractivity contribution is 5.79. The molecule has 2 fully saturated rings. The lowest BCUT2D eigenvalue weighted by atomic mass is 10.1. The number of nitrogens with zero attached hydrogens (tertiary/aromatic N) is 2. The van der Waals surface area contributed by atoms with Crippen LogP contribution in [0.25, 0.3) is 0 Å². The molecule has 2 unspecified atom stereocenters. The van der Waals surface area contributed by atoms with Crippen molar-refractivity contribution in [2.24, 2.45) is 11.7 Å². The van der Waals surface area contributed by atoms with Gasteiger partial charge in [-0.2, -0.15) is 0 Å². The first-order valence-electron chi connectivity index (χ1n) is 6.46. The second-order valence-electron chi connectivity index (χ2n) is 5.10. The number of nitrogens with two attached hydrogens (primary N) is 1. The van der Waals surface area contributed by atoms with Gasteiger partial charge in [-0.25, -0.2) is 0 Å². The quantitative estimate of drug-likeness (QED) is 0.747. The molecule has 92 valence electrons. The predicted molar refractivity (Wildman–Crippen MR) is 64.0 cm³/mol. The van der Waals surface area contributed by atoms with E-state index in [0.29, 0.717) is 30.8 Å². The second-order valence-corrected chi connectivity index (χ2v) is 5.10. The minimum Gasteiger partial charge on any atom is -0.338 e. The number of carbonyl (C=O) groups excluding carboxylic acids is 1. The molecule has 2 aliphatic rings. The molecular formula is C12H23N3O. The fourth-order valence-corrected chi connectivity index (χ4v) is 2.91. The molecule has 4 heteroatoms. The predicted octanol–water partition coefficient (Wildman–Crippen LogP) is 0.278. The van der Waals surface area contributed by atoms with Crippen molar-refractivity contribution >= 4 is 5.91 Å². The van der Waals surface area contributed by atoms with Crippen LogP contribution in [-0.4, -0.2) is 54.5 Å². The van der Waals surface area contributed by atoms with Gasteiger partial charge >= 0.3 is 0 Å². The van der Waals surface area contributed by atoms with E-state index in [1.54, 1.807) is 0 Å². The van der Waals surface area contributed by atoms with Crippen molar-refractivity contribution in [3.63, 3.8) is 0 Å². The van der Waals surface area contributed by atoms with Crippen LogP contribution in [0.1, 0.15) is 26.2 Å². The molecule has 0 aromatic carbocycles. The largest absolute Gasteiger partial charge is 0.338 e. The number of carbonyl (C=O) groups is 1. The molecule has 0 spiro atoms. The number of likely N-dealkylation sites (tertiary alicyclic amines) is 2. The van der Waals surface area contributed by atoms with E-state index in [1.165, 1.54) is 13.0 Å². The third-order valence-corrected chi connectivity index (χ3v) is 3.80. The van der Waals surface area contributed by atoms with Gasteiger partial charge in [-0.1, -0.05) is 6.92 Å². The summed E-state index contributed by atoms with van der Waals surface area (Å²) in [5, 5.41) is 0. The Hall–Kier alpha value is -0.610. The first-order chi connectivity index (χ1) is 7.74. The Morgan fingerprint density at radius 2 is 2.25 bits per heavy atom. The summed E-state index contributed by atoms with van der Waals surface area (Å²) in [6.07, 6.45) is 3.01. The Labute approximate surface area is 97.8 Å². The number of rotatable bonds is 4. The van der Waals surface area contributed by atoms with Crippen molar-refractivity contribution < 1.29 is 4.79 Å². The van der Waals surface area contributed by atoms with Gasteiger partial charge in [-0.15, -0.1) is 0 Å². The summed E-state index contributed by atoms with van der Waals surface area (Å²) in [6.45, 7) is 7.12. The summed E-state index contributed by atoms with van der Waals surface area (Å²) in [5.74, 6) is 0.714. The molecule has 0 bridgehead atoms. The highest BCUT2D eigenvalue weighted by Gasteiger charge is 2.36. The van der Waals surface area contributed by atoms with E-state index in [9.17, 15) is 4.79 Å². The fourth-order valence-electron chi connectivity index (χ4n) is 2.91. The molecule has 2 aliphatic heterocycles. The first-order valence-corrected chi connectivity index (χ1v) is 6.46. The molecule has 1 amide bonds. The minimum atomic E-state index is 0.318. The van der Waals surface area contributed by atoms with Gasteiger partial charge in [0.15, 0.2) is 0 Å². The van der Waals surface area contributed by atoms with Gasteiger partial charge in [-0.05, 0) is 31.8 Å². The summed E-state index contributed by atoms with van der Waals surface area (Å²) in [6, 6.07) is 0.454. The van der Waals surface area contributed by atoms with E-state index >= 15 is 0 Å². The molecule has 4 nitrogen and oxygen atoms in total. The standard InChI is InChI=1S/C12H23N3O/c1-2-4-14-5-3-11(9-14)15-8-10(7-13)6-12(15)16/h10-11H,2-9,13H2,1H3. The van der Waals surface area contributed by atoms with Crippen molar-refractivity contribution in [2.45, 2.75) is 32.2 Å². The molecule has 0 saturated carbocycles. The Morgan fingerprint density at radius 3 is 2.88 bits per heavy atom. The fraction of sp³-hybridized carbons (Fsp3) is 0.917. The van der Waals surface area contributed by atoms with Crippen molar-refractivity contribution in [3.8, 4) is 0 Å². The maximum absolute atomic E-state index is 11.8. The van der Waals surface area contributed by atoms with Crippen LogP contribution in [0.2, 0.25) is 0 Å². The molecule has 2 rings (SSSR count). The van der Waals surface area contributed by atoms with Crippen LogP contribution < -0.4 is 5.73 Å².